The molecule has 7 nitrogen and oxygen atoms in total. The van der Waals surface area contributed by atoms with Crippen LogP contribution in [0.1, 0.15) is 42.1 Å². The van der Waals surface area contributed by atoms with Crippen LogP contribution < -0.4 is 15.1 Å². The molecule has 2 atom stereocenters. The zero-order chi connectivity index (χ0) is 21.2. The number of nitrogens with zero attached hydrogens (tertiary/aromatic N) is 3. The molecule has 2 aliphatic heterocycles. The summed E-state index contributed by atoms with van der Waals surface area (Å²) in [4.78, 5) is 28.8. The fourth-order valence-corrected chi connectivity index (χ4v) is 5.31. The SMILES string of the molecule is COc1c(N2C[C@@H]3CCCN(C)[C@@H]3C2)c(F)cc2c(=O)c(C(=O)O)cn(C3CC3)c12.Cl. The van der Waals surface area contributed by atoms with Crippen molar-refractivity contribution in [2.75, 3.05) is 38.7 Å². The van der Waals surface area contributed by atoms with E-state index in [1.165, 1.54) is 19.4 Å². The molecule has 9 heteroatoms. The van der Waals surface area contributed by atoms with E-state index in [1.807, 2.05) is 4.90 Å². The number of halogens is 2. The summed E-state index contributed by atoms with van der Waals surface area (Å²) in [5.41, 5.74) is -0.135. The fraction of sp³-hybridized carbons (Fsp3) is 0.545. The van der Waals surface area contributed by atoms with Crippen LogP contribution in [0.15, 0.2) is 17.1 Å². The first kappa shape index (κ1) is 21.9. The topological polar surface area (TPSA) is 75.0 Å². The average Bonchev–Trinajstić information content (AvgIpc) is 3.46. The summed E-state index contributed by atoms with van der Waals surface area (Å²) < 4.78 is 22.9. The van der Waals surface area contributed by atoms with Crippen molar-refractivity contribution in [3.8, 4) is 5.75 Å². The molecule has 0 unspecified atom stereocenters. The Morgan fingerprint density at radius 3 is 2.61 bits per heavy atom. The number of benzene rings is 1. The molecule has 0 amide bonds. The zero-order valence-corrected chi connectivity index (χ0v) is 18.5. The predicted molar refractivity (Wildman–Crippen MR) is 119 cm³/mol. The van der Waals surface area contributed by atoms with Gasteiger partial charge < -0.3 is 24.2 Å². The molecule has 1 aromatic carbocycles. The van der Waals surface area contributed by atoms with E-state index < -0.39 is 17.2 Å². The van der Waals surface area contributed by atoms with E-state index in [4.69, 9.17) is 4.74 Å². The number of methoxy groups -OCH3 is 1. The fourth-order valence-electron chi connectivity index (χ4n) is 5.31. The first-order valence-corrected chi connectivity index (χ1v) is 10.5. The normalized spacial score (nSPS) is 23.5. The van der Waals surface area contributed by atoms with E-state index in [2.05, 4.69) is 11.9 Å². The highest BCUT2D eigenvalue weighted by atomic mass is 35.5. The number of carboxylic acids is 1. The molecule has 2 saturated heterocycles. The Bertz CT molecular complexity index is 1100. The van der Waals surface area contributed by atoms with Crippen LogP contribution in [0.3, 0.4) is 0 Å². The molecule has 1 N–H and O–H groups in total. The number of likely N-dealkylation sites (N-methyl/N-ethyl adjacent to an activating group) is 1. The largest absolute Gasteiger partial charge is 0.492 e. The van der Waals surface area contributed by atoms with Gasteiger partial charge in [-0.1, -0.05) is 0 Å². The average molecular weight is 452 g/mol. The van der Waals surface area contributed by atoms with E-state index in [-0.39, 0.29) is 29.4 Å². The molecular weight excluding hydrogens is 425 g/mol. The number of hydrogen-bond donors (Lipinski definition) is 1. The molecule has 1 saturated carbocycles. The first-order chi connectivity index (χ1) is 14.4. The third-order valence-electron chi connectivity index (χ3n) is 6.95. The predicted octanol–water partition coefficient (Wildman–Crippen LogP) is 3.13. The van der Waals surface area contributed by atoms with E-state index in [1.54, 1.807) is 4.57 Å². The lowest BCUT2D eigenvalue weighted by atomic mass is 9.93. The summed E-state index contributed by atoms with van der Waals surface area (Å²) in [6.45, 7) is 2.50. The Balaban J connectivity index is 0.00000231. The standard InChI is InChI=1S/C22H26FN3O4.ClH/c1-24-7-3-4-12-9-25(11-17(12)24)19-16(23)8-14-18(21(19)30-2)26(13-5-6-13)10-15(20(14)27)22(28)29;/h8,10,12-13,17H,3-7,9,11H2,1-2H3,(H,28,29);1H/t12-,17+;/m0./s1. The number of hydrogen-bond acceptors (Lipinski definition) is 5. The molecular formula is C22H27ClFN3O4. The molecule has 168 valence electrons. The van der Waals surface area contributed by atoms with Gasteiger partial charge in [0, 0.05) is 31.4 Å². The Labute approximate surface area is 185 Å². The van der Waals surface area contributed by atoms with Crippen molar-refractivity contribution in [2.24, 2.45) is 5.92 Å². The third-order valence-corrected chi connectivity index (χ3v) is 6.95. The van der Waals surface area contributed by atoms with Gasteiger partial charge >= 0.3 is 5.97 Å². The van der Waals surface area contributed by atoms with E-state index in [0.717, 1.165) is 38.8 Å². The highest BCUT2D eigenvalue weighted by Crippen LogP contribution is 2.45. The summed E-state index contributed by atoms with van der Waals surface area (Å²) in [5, 5.41) is 9.53. The summed E-state index contributed by atoms with van der Waals surface area (Å²) in [7, 11) is 3.60. The third kappa shape index (κ3) is 3.46. The number of piperidine rings is 1. The van der Waals surface area contributed by atoms with Crippen LogP contribution in [-0.4, -0.2) is 60.4 Å². The highest BCUT2D eigenvalue weighted by Gasteiger charge is 2.40. The highest BCUT2D eigenvalue weighted by molar-refractivity contribution is 5.97. The molecule has 2 aromatic rings. The number of rotatable bonds is 4. The molecule has 31 heavy (non-hydrogen) atoms. The van der Waals surface area contributed by atoms with Gasteiger partial charge in [-0.05, 0) is 51.3 Å². The van der Waals surface area contributed by atoms with Crippen molar-refractivity contribution in [3.63, 3.8) is 0 Å². The quantitative estimate of drug-likeness (QED) is 0.769. The number of aromatic nitrogens is 1. The summed E-state index contributed by atoms with van der Waals surface area (Å²) in [6, 6.07) is 1.68. The Kier molecular flexibility index (Phi) is 5.64. The maximum atomic E-state index is 15.4. The van der Waals surface area contributed by atoms with Gasteiger partial charge in [-0.2, -0.15) is 0 Å². The van der Waals surface area contributed by atoms with Crippen molar-refractivity contribution in [2.45, 2.75) is 37.8 Å². The van der Waals surface area contributed by atoms with Crippen LogP contribution in [0, 0.1) is 11.7 Å². The van der Waals surface area contributed by atoms with E-state index in [9.17, 15) is 14.7 Å². The number of fused-ring (bicyclic) bond motifs is 2. The maximum absolute atomic E-state index is 15.4. The Morgan fingerprint density at radius 1 is 1.26 bits per heavy atom. The van der Waals surface area contributed by atoms with E-state index in [0.29, 0.717) is 35.5 Å². The van der Waals surface area contributed by atoms with Gasteiger partial charge in [0.25, 0.3) is 0 Å². The molecule has 0 bridgehead atoms. The van der Waals surface area contributed by atoms with Crippen LogP contribution in [0.5, 0.6) is 5.75 Å². The minimum atomic E-state index is -1.30. The molecule has 3 heterocycles. The van der Waals surface area contributed by atoms with Crippen LogP contribution in [0.4, 0.5) is 10.1 Å². The van der Waals surface area contributed by atoms with Crippen LogP contribution >= 0.6 is 12.4 Å². The van der Waals surface area contributed by atoms with Gasteiger partial charge in [0.1, 0.15) is 11.3 Å². The van der Waals surface area contributed by atoms with Gasteiger partial charge in [0.2, 0.25) is 5.43 Å². The lowest BCUT2D eigenvalue weighted by Gasteiger charge is -2.33. The summed E-state index contributed by atoms with van der Waals surface area (Å²) >= 11 is 0. The number of ether oxygens (including phenoxy) is 1. The van der Waals surface area contributed by atoms with Crippen LogP contribution in [0.2, 0.25) is 0 Å². The van der Waals surface area contributed by atoms with Gasteiger partial charge in [-0.3, -0.25) is 4.79 Å². The molecule has 0 spiro atoms. The molecule has 3 fully saturated rings. The van der Waals surface area contributed by atoms with Crippen LogP contribution in [0.25, 0.3) is 10.9 Å². The van der Waals surface area contributed by atoms with Gasteiger partial charge in [-0.15, -0.1) is 12.4 Å². The second kappa shape index (κ2) is 7.98. The Hall–Kier alpha value is -2.32. The number of aromatic carboxylic acids is 1. The minimum absolute atomic E-state index is 0. The van der Waals surface area contributed by atoms with Crippen molar-refractivity contribution in [3.05, 3.63) is 33.9 Å². The second-order valence-corrected chi connectivity index (χ2v) is 8.81. The lowest BCUT2D eigenvalue weighted by molar-refractivity contribution is 0.0695. The second-order valence-electron chi connectivity index (χ2n) is 8.81. The number of pyridine rings is 1. The number of anilines is 1. The maximum Gasteiger partial charge on any atom is 0.341 e. The van der Waals surface area contributed by atoms with Crippen molar-refractivity contribution in [1.29, 1.82) is 0 Å². The minimum Gasteiger partial charge on any atom is -0.492 e. The van der Waals surface area contributed by atoms with Crippen molar-refractivity contribution < 1.29 is 19.0 Å². The van der Waals surface area contributed by atoms with Gasteiger partial charge in [0.15, 0.2) is 11.6 Å². The molecule has 5 rings (SSSR count). The smallest absolute Gasteiger partial charge is 0.341 e. The molecule has 1 aromatic heterocycles. The van der Waals surface area contributed by atoms with Gasteiger partial charge in [0.05, 0.1) is 18.0 Å². The summed E-state index contributed by atoms with van der Waals surface area (Å²) in [6.07, 6.45) is 5.45. The lowest BCUT2D eigenvalue weighted by Crippen LogP contribution is -2.42. The number of carbonyl (C=O) groups is 1. The van der Waals surface area contributed by atoms with Crippen molar-refractivity contribution >= 4 is 35.0 Å². The number of carboxylic acid groups (broad SMARTS) is 1. The molecule has 0 radical (unpaired) electrons. The van der Waals surface area contributed by atoms with Crippen molar-refractivity contribution in [1.82, 2.24) is 9.47 Å². The molecule has 1 aliphatic carbocycles. The molecule has 3 aliphatic rings. The van der Waals surface area contributed by atoms with Gasteiger partial charge in [-0.25, -0.2) is 9.18 Å². The Morgan fingerprint density at radius 2 is 2.00 bits per heavy atom. The first-order valence-electron chi connectivity index (χ1n) is 10.5. The number of likely N-dealkylation sites (tertiary alicyclic amines) is 1. The monoisotopic (exact) mass is 451 g/mol. The zero-order valence-electron chi connectivity index (χ0n) is 17.6. The van der Waals surface area contributed by atoms with E-state index >= 15 is 4.39 Å². The van der Waals surface area contributed by atoms with Crippen LogP contribution in [-0.2, 0) is 0 Å². The summed E-state index contributed by atoms with van der Waals surface area (Å²) in [5.74, 6) is -1.04.